The molecule has 13 heteroatoms. The Labute approximate surface area is 232 Å². The molecule has 0 aromatic carbocycles. The summed E-state index contributed by atoms with van der Waals surface area (Å²) in [6, 6.07) is 0. The molecule has 13 nitrogen and oxygen atoms in total. The van der Waals surface area contributed by atoms with E-state index in [1.54, 1.807) is 14.0 Å². The smallest absolute Gasteiger partial charge is 0.333 e. The molecule has 1 amide bonds. The summed E-state index contributed by atoms with van der Waals surface area (Å²) in [4.78, 5) is 22.8. The fourth-order valence-electron chi connectivity index (χ4n) is 2.49. The molecule has 0 fully saturated rings. The second kappa shape index (κ2) is 30.9. The van der Waals surface area contributed by atoms with E-state index in [0.29, 0.717) is 111 Å². The zero-order valence-corrected chi connectivity index (χ0v) is 23.7. The van der Waals surface area contributed by atoms with Gasteiger partial charge in [-0.15, -0.1) is 0 Å². The summed E-state index contributed by atoms with van der Waals surface area (Å²) in [6.07, 6.45) is 0.221. The fourth-order valence-corrected chi connectivity index (χ4v) is 2.49. The third-order valence-electron chi connectivity index (χ3n) is 4.52. The van der Waals surface area contributed by atoms with Crippen LogP contribution in [0.1, 0.15) is 13.3 Å². The number of nitrogens with one attached hydrogen (secondary N) is 1. The number of carbonyl (C=O) groups excluding carboxylic acids is 2. The molecule has 1 N–H and O–H groups in total. The van der Waals surface area contributed by atoms with Crippen LogP contribution in [0.15, 0.2) is 12.2 Å². The van der Waals surface area contributed by atoms with Crippen LogP contribution in [-0.2, 0) is 57.0 Å². The van der Waals surface area contributed by atoms with Gasteiger partial charge in [0.05, 0.1) is 119 Å². The van der Waals surface area contributed by atoms with E-state index >= 15 is 0 Å². The standard InChI is InChI=1S/C26H49NO12/c1-24(2)26(29)39-7-5-27-25(28)4-6-31-10-11-33-14-15-35-18-19-37-22-23-38-21-20-36-17-16-34-13-12-32-9-8-30-3/h1,4-23H2,2-3H3,(H,27,28). The lowest BCUT2D eigenvalue weighted by molar-refractivity contribution is -0.139. The Bertz CT molecular complexity index is 579. The fraction of sp³-hybridized carbons (Fsp3) is 0.846. The summed E-state index contributed by atoms with van der Waals surface area (Å²) in [5.41, 5.74) is 0.323. The lowest BCUT2D eigenvalue weighted by atomic mass is 10.4. The van der Waals surface area contributed by atoms with Crippen LogP contribution in [-0.4, -0.2) is 144 Å². The number of methoxy groups -OCH3 is 1. The van der Waals surface area contributed by atoms with Crippen LogP contribution in [0, 0.1) is 0 Å². The highest BCUT2D eigenvalue weighted by Crippen LogP contribution is 1.91. The normalized spacial score (nSPS) is 11.0. The Morgan fingerprint density at radius 1 is 0.538 bits per heavy atom. The predicted octanol–water partition coefficient (Wildman–Crippen LogP) is 0.391. The third-order valence-corrected chi connectivity index (χ3v) is 4.52. The van der Waals surface area contributed by atoms with E-state index in [1.807, 2.05) is 0 Å². The van der Waals surface area contributed by atoms with Crippen molar-refractivity contribution in [3.63, 3.8) is 0 Å². The monoisotopic (exact) mass is 567 g/mol. The second-order valence-electron chi connectivity index (χ2n) is 7.91. The second-order valence-corrected chi connectivity index (χ2v) is 7.91. The maximum atomic E-state index is 11.6. The molecule has 0 atom stereocenters. The molecule has 0 heterocycles. The first-order chi connectivity index (χ1) is 19.1. The molecule has 0 saturated heterocycles. The van der Waals surface area contributed by atoms with Crippen LogP contribution in [0.3, 0.4) is 0 Å². The van der Waals surface area contributed by atoms with Crippen LogP contribution in [0.2, 0.25) is 0 Å². The van der Waals surface area contributed by atoms with Gasteiger partial charge >= 0.3 is 5.97 Å². The molecule has 0 bridgehead atoms. The van der Waals surface area contributed by atoms with Crippen LogP contribution in [0.4, 0.5) is 0 Å². The van der Waals surface area contributed by atoms with Crippen LogP contribution < -0.4 is 5.32 Å². The molecule has 0 aliphatic carbocycles. The number of rotatable bonds is 31. The maximum absolute atomic E-state index is 11.6. The van der Waals surface area contributed by atoms with Crippen molar-refractivity contribution in [3.05, 3.63) is 12.2 Å². The van der Waals surface area contributed by atoms with Crippen molar-refractivity contribution in [2.45, 2.75) is 13.3 Å². The van der Waals surface area contributed by atoms with Crippen molar-refractivity contribution < 1.29 is 57.0 Å². The molecule has 0 aromatic heterocycles. The Hall–Kier alpha value is -1.68. The average Bonchev–Trinajstić information content (AvgIpc) is 2.92. The topological polar surface area (TPSA) is 138 Å². The summed E-state index contributed by atoms with van der Waals surface area (Å²) in [6.45, 7) is 13.6. The van der Waals surface area contributed by atoms with E-state index in [0.717, 1.165) is 0 Å². The summed E-state index contributed by atoms with van der Waals surface area (Å²) < 4.78 is 52.9. The largest absolute Gasteiger partial charge is 0.460 e. The van der Waals surface area contributed by atoms with Crippen LogP contribution >= 0.6 is 0 Å². The zero-order valence-electron chi connectivity index (χ0n) is 23.7. The highest BCUT2D eigenvalue weighted by atomic mass is 16.6. The molecule has 0 unspecified atom stereocenters. The number of ether oxygens (including phenoxy) is 10. The summed E-state index contributed by atoms with van der Waals surface area (Å²) in [5, 5.41) is 2.64. The average molecular weight is 568 g/mol. The van der Waals surface area contributed by atoms with E-state index in [9.17, 15) is 9.59 Å². The number of hydrogen-bond acceptors (Lipinski definition) is 12. The molecule has 0 aromatic rings. The molecule has 39 heavy (non-hydrogen) atoms. The molecule has 0 rings (SSSR count). The molecule has 0 saturated carbocycles. The molecule has 0 radical (unpaired) electrons. The van der Waals surface area contributed by atoms with Crippen molar-refractivity contribution in [1.29, 1.82) is 0 Å². The van der Waals surface area contributed by atoms with Gasteiger partial charge in [-0.3, -0.25) is 4.79 Å². The van der Waals surface area contributed by atoms with Gasteiger partial charge < -0.3 is 52.7 Å². The van der Waals surface area contributed by atoms with Crippen molar-refractivity contribution in [3.8, 4) is 0 Å². The van der Waals surface area contributed by atoms with Crippen LogP contribution in [0.25, 0.3) is 0 Å². The Morgan fingerprint density at radius 2 is 0.872 bits per heavy atom. The van der Waals surface area contributed by atoms with Crippen molar-refractivity contribution in [1.82, 2.24) is 5.32 Å². The van der Waals surface area contributed by atoms with E-state index in [4.69, 9.17) is 47.4 Å². The lowest BCUT2D eigenvalue weighted by Gasteiger charge is -2.09. The van der Waals surface area contributed by atoms with E-state index in [2.05, 4.69) is 11.9 Å². The molecule has 230 valence electrons. The molecule has 0 aliphatic rings. The third kappa shape index (κ3) is 30.7. The Morgan fingerprint density at radius 3 is 1.21 bits per heavy atom. The van der Waals surface area contributed by atoms with E-state index in [1.165, 1.54) is 0 Å². The van der Waals surface area contributed by atoms with Crippen molar-refractivity contribution in [2.24, 2.45) is 0 Å². The van der Waals surface area contributed by atoms with Crippen molar-refractivity contribution in [2.75, 3.05) is 133 Å². The van der Waals surface area contributed by atoms with Gasteiger partial charge in [-0.05, 0) is 6.92 Å². The molecule has 0 aliphatic heterocycles. The predicted molar refractivity (Wildman–Crippen MR) is 142 cm³/mol. The highest BCUT2D eigenvalue weighted by Gasteiger charge is 2.04. The van der Waals surface area contributed by atoms with Gasteiger partial charge in [-0.25, -0.2) is 4.79 Å². The minimum Gasteiger partial charge on any atom is -0.460 e. The summed E-state index contributed by atoms with van der Waals surface area (Å²) in [5.74, 6) is -0.645. The van der Waals surface area contributed by atoms with E-state index < -0.39 is 5.97 Å². The minimum atomic E-state index is -0.472. The zero-order chi connectivity index (χ0) is 28.7. The van der Waals surface area contributed by atoms with Gasteiger partial charge in [0.15, 0.2) is 0 Å². The molecular formula is C26H49NO12. The first kappa shape index (κ1) is 37.3. The molecule has 0 spiro atoms. The number of carbonyl (C=O) groups is 2. The highest BCUT2D eigenvalue weighted by molar-refractivity contribution is 5.86. The van der Waals surface area contributed by atoms with Gasteiger partial charge in [0.25, 0.3) is 0 Å². The number of hydrogen-bond donors (Lipinski definition) is 1. The summed E-state index contributed by atoms with van der Waals surface area (Å²) in [7, 11) is 1.64. The van der Waals surface area contributed by atoms with Crippen molar-refractivity contribution >= 4 is 11.9 Å². The first-order valence-electron chi connectivity index (χ1n) is 13.3. The SMILES string of the molecule is C=C(C)C(=O)OCCNC(=O)CCOCCOCCOCCOCCOCCOCCOCCOCCOC. The molecular weight excluding hydrogens is 518 g/mol. The Balaban J connectivity index is 3.14. The lowest BCUT2D eigenvalue weighted by Crippen LogP contribution is -2.29. The van der Waals surface area contributed by atoms with E-state index in [-0.39, 0.29) is 32.1 Å². The van der Waals surface area contributed by atoms with Crippen LogP contribution in [0.5, 0.6) is 0 Å². The van der Waals surface area contributed by atoms with Gasteiger partial charge in [-0.1, -0.05) is 6.58 Å². The van der Waals surface area contributed by atoms with Gasteiger partial charge in [-0.2, -0.15) is 0 Å². The number of amides is 1. The quantitative estimate of drug-likeness (QED) is 0.0704. The van der Waals surface area contributed by atoms with Gasteiger partial charge in [0.1, 0.15) is 6.61 Å². The summed E-state index contributed by atoms with van der Waals surface area (Å²) >= 11 is 0. The minimum absolute atomic E-state index is 0.107. The number of esters is 1. The maximum Gasteiger partial charge on any atom is 0.333 e. The van der Waals surface area contributed by atoms with Gasteiger partial charge in [0, 0.05) is 19.1 Å². The first-order valence-corrected chi connectivity index (χ1v) is 13.3. The Kier molecular flexibility index (Phi) is 29.5. The van der Waals surface area contributed by atoms with Gasteiger partial charge in [0.2, 0.25) is 5.91 Å².